The van der Waals surface area contributed by atoms with Crippen LogP contribution in [0.25, 0.3) is 11.3 Å². The van der Waals surface area contributed by atoms with E-state index in [2.05, 4.69) is 20.2 Å². The first-order valence-electron chi connectivity index (χ1n) is 13.9. The van der Waals surface area contributed by atoms with Crippen molar-refractivity contribution in [1.29, 1.82) is 5.26 Å². The Bertz CT molecular complexity index is 1460. The predicted octanol–water partition coefficient (Wildman–Crippen LogP) is 4.19. The number of halogens is 3. The summed E-state index contributed by atoms with van der Waals surface area (Å²) in [5, 5.41) is 12.8. The molecule has 2 saturated heterocycles. The van der Waals surface area contributed by atoms with E-state index in [-0.39, 0.29) is 17.5 Å². The van der Waals surface area contributed by atoms with Crippen molar-refractivity contribution in [3.63, 3.8) is 0 Å². The van der Waals surface area contributed by atoms with Gasteiger partial charge in [0.25, 0.3) is 0 Å². The van der Waals surface area contributed by atoms with E-state index >= 15 is 0 Å². The lowest BCUT2D eigenvalue weighted by atomic mass is 9.74. The zero-order chi connectivity index (χ0) is 29.9. The quantitative estimate of drug-likeness (QED) is 0.444. The lowest BCUT2D eigenvalue weighted by molar-refractivity contribution is -0.137. The Morgan fingerprint density at radius 2 is 1.95 bits per heavy atom. The Morgan fingerprint density at radius 3 is 2.57 bits per heavy atom. The van der Waals surface area contributed by atoms with Gasteiger partial charge in [-0.2, -0.15) is 18.4 Å². The van der Waals surface area contributed by atoms with Crippen molar-refractivity contribution in [3.8, 4) is 23.2 Å². The highest BCUT2D eigenvalue weighted by Crippen LogP contribution is 2.39. The number of benzene rings is 1. The zero-order valence-corrected chi connectivity index (χ0v) is 23.5. The van der Waals surface area contributed by atoms with E-state index in [4.69, 9.17) is 9.72 Å². The molecular weight excluding hydrogens is 547 g/mol. The Labute approximate surface area is 242 Å². The minimum absolute atomic E-state index is 0.00823. The van der Waals surface area contributed by atoms with E-state index in [0.29, 0.717) is 61.1 Å². The minimum atomic E-state index is -4.54. The van der Waals surface area contributed by atoms with Crippen molar-refractivity contribution in [2.45, 2.75) is 43.8 Å². The van der Waals surface area contributed by atoms with E-state index in [1.165, 1.54) is 6.07 Å². The minimum Gasteiger partial charge on any atom is -0.477 e. The highest BCUT2D eigenvalue weighted by molar-refractivity contribution is 5.88. The Kier molecular flexibility index (Phi) is 8.31. The first kappa shape index (κ1) is 29.3. The second-order valence-electron chi connectivity index (χ2n) is 10.7. The number of amides is 1. The number of hydrogen-bond donors (Lipinski definition) is 1. The average Bonchev–Trinajstić information content (AvgIpc) is 3.41. The van der Waals surface area contributed by atoms with Gasteiger partial charge in [-0.1, -0.05) is 0 Å². The molecule has 220 valence electrons. The first-order chi connectivity index (χ1) is 20.1. The van der Waals surface area contributed by atoms with Gasteiger partial charge >= 0.3 is 6.18 Å². The third-order valence-corrected chi connectivity index (χ3v) is 8.03. The molecule has 1 atom stereocenters. The summed E-state index contributed by atoms with van der Waals surface area (Å²) in [5.74, 6) is 0.298. The maximum absolute atomic E-state index is 14.0. The molecule has 1 aromatic carbocycles. The molecular formula is C30H32F3N7O2. The molecule has 0 aliphatic carbocycles. The molecule has 4 heterocycles. The molecule has 0 saturated carbocycles. The summed E-state index contributed by atoms with van der Waals surface area (Å²) in [4.78, 5) is 31.6. The number of pyridine rings is 1. The van der Waals surface area contributed by atoms with Crippen molar-refractivity contribution < 1.29 is 22.7 Å². The molecule has 1 N–H and O–H groups in total. The average molecular weight is 580 g/mol. The van der Waals surface area contributed by atoms with E-state index in [9.17, 15) is 23.2 Å². The SMILES string of the molecule is CCOc1ncccc1-c1cnc(C2(C(=O)N[C@H]3CCN(C)C3)CCN(c3ccc(C(F)(F)F)cc3C#N)CC2)cn1. The second kappa shape index (κ2) is 11.9. The highest BCUT2D eigenvalue weighted by Gasteiger charge is 2.46. The number of nitrogens with one attached hydrogen (secondary N) is 1. The van der Waals surface area contributed by atoms with Crippen molar-refractivity contribution in [2.24, 2.45) is 0 Å². The fourth-order valence-electron chi connectivity index (χ4n) is 5.73. The van der Waals surface area contributed by atoms with Gasteiger partial charge in [-0.15, -0.1) is 0 Å². The smallest absolute Gasteiger partial charge is 0.416 e. The molecule has 3 aromatic rings. The van der Waals surface area contributed by atoms with Crippen LogP contribution >= 0.6 is 0 Å². The van der Waals surface area contributed by atoms with Crippen LogP contribution in [0.5, 0.6) is 5.88 Å². The third kappa shape index (κ3) is 5.87. The Hall–Kier alpha value is -4.24. The number of likely N-dealkylation sites (N-methyl/N-ethyl adjacent to an activating group) is 1. The normalized spacial score (nSPS) is 18.9. The number of nitrogens with zero attached hydrogens (tertiary/aromatic N) is 6. The molecule has 0 spiro atoms. The van der Waals surface area contributed by atoms with Gasteiger partial charge < -0.3 is 19.9 Å². The molecule has 0 radical (unpaired) electrons. The molecule has 2 aromatic heterocycles. The second-order valence-corrected chi connectivity index (χ2v) is 10.7. The standard InChI is InChI=1S/C30H32F3N7O2/c1-3-42-27-23(5-4-11-35-27)24-17-37-26(18-36-24)29(28(41)38-22-8-12-39(2)19-22)9-13-40(14-10-29)25-7-6-21(30(31,32)33)15-20(25)16-34/h4-7,11,15,17-18,22H,3,8-10,12-14,19H2,1-2H3,(H,38,41)/t22-/m0/s1. The van der Waals surface area contributed by atoms with Crippen LogP contribution in [0.3, 0.4) is 0 Å². The van der Waals surface area contributed by atoms with E-state index in [1.807, 2.05) is 31.0 Å². The number of hydrogen-bond acceptors (Lipinski definition) is 8. The summed E-state index contributed by atoms with van der Waals surface area (Å²) in [5.41, 5.74) is 0.256. The topological polar surface area (TPSA) is 107 Å². The fraction of sp³-hybridized carbons (Fsp3) is 0.433. The van der Waals surface area contributed by atoms with Crippen LogP contribution in [0.1, 0.15) is 43.0 Å². The van der Waals surface area contributed by atoms with Crippen LogP contribution in [0.2, 0.25) is 0 Å². The molecule has 2 aliphatic heterocycles. The predicted molar refractivity (Wildman–Crippen MR) is 150 cm³/mol. The summed E-state index contributed by atoms with van der Waals surface area (Å²) in [6.07, 6.45) is 1.86. The van der Waals surface area contributed by atoms with E-state index < -0.39 is 17.2 Å². The number of ether oxygens (including phenoxy) is 1. The maximum atomic E-state index is 14.0. The number of nitriles is 1. The van der Waals surface area contributed by atoms with Crippen molar-refractivity contribution in [1.82, 2.24) is 25.2 Å². The summed E-state index contributed by atoms with van der Waals surface area (Å²) in [7, 11) is 2.01. The molecule has 0 bridgehead atoms. The van der Waals surface area contributed by atoms with E-state index in [0.717, 1.165) is 31.6 Å². The van der Waals surface area contributed by atoms with Gasteiger partial charge in [0.05, 0.1) is 58.2 Å². The van der Waals surface area contributed by atoms with Gasteiger partial charge in [-0.3, -0.25) is 14.8 Å². The van der Waals surface area contributed by atoms with Gasteiger partial charge in [-0.05, 0) is 70.1 Å². The molecule has 9 nitrogen and oxygen atoms in total. The van der Waals surface area contributed by atoms with Crippen LogP contribution in [0.4, 0.5) is 18.9 Å². The van der Waals surface area contributed by atoms with E-state index in [1.54, 1.807) is 24.7 Å². The number of anilines is 1. The number of alkyl halides is 3. The Balaban J connectivity index is 1.44. The summed E-state index contributed by atoms with van der Waals surface area (Å²) >= 11 is 0. The van der Waals surface area contributed by atoms with Crippen LogP contribution in [0.15, 0.2) is 48.9 Å². The summed E-state index contributed by atoms with van der Waals surface area (Å²) in [6.45, 7) is 4.64. The van der Waals surface area contributed by atoms with Gasteiger partial charge in [0.2, 0.25) is 11.8 Å². The fourth-order valence-corrected chi connectivity index (χ4v) is 5.73. The lowest BCUT2D eigenvalue weighted by Crippen LogP contribution is -2.54. The molecule has 42 heavy (non-hydrogen) atoms. The maximum Gasteiger partial charge on any atom is 0.416 e. The third-order valence-electron chi connectivity index (χ3n) is 8.03. The number of piperidine rings is 1. The molecule has 5 rings (SSSR count). The van der Waals surface area contributed by atoms with Crippen molar-refractivity contribution in [2.75, 3.05) is 44.7 Å². The largest absolute Gasteiger partial charge is 0.477 e. The van der Waals surface area contributed by atoms with Crippen molar-refractivity contribution >= 4 is 11.6 Å². The molecule has 12 heteroatoms. The lowest BCUT2D eigenvalue weighted by Gasteiger charge is -2.41. The number of likely N-dealkylation sites (tertiary alicyclic amines) is 1. The van der Waals surface area contributed by atoms with Crippen LogP contribution in [0, 0.1) is 11.3 Å². The van der Waals surface area contributed by atoms with Crippen molar-refractivity contribution in [3.05, 3.63) is 65.7 Å². The number of carbonyl (C=O) groups is 1. The van der Waals surface area contributed by atoms with Gasteiger partial charge in [-0.25, -0.2) is 4.98 Å². The molecule has 1 amide bonds. The summed E-state index contributed by atoms with van der Waals surface area (Å²) < 4.78 is 45.4. The first-order valence-corrected chi connectivity index (χ1v) is 13.9. The number of aromatic nitrogens is 3. The van der Waals surface area contributed by atoms with Crippen LogP contribution in [-0.2, 0) is 16.4 Å². The molecule has 2 aliphatic rings. The Morgan fingerprint density at radius 1 is 1.17 bits per heavy atom. The molecule has 0 unspecified atom stereocenters. The zero-order valence-electron chi connectivity index (χ0n) is 23.5. The highest BCUT2D eigenvalue weighted by atomic mass is 19.4. The van der Waals surface area contributed by atoms with Crippen LogP contribution in [-0.4, -0.2) is 71.6 Å². The number of carbonyl (C=O) groups excluding carboxylic acids is 1. The van der Waals surface area contributed by atoms with Gasteiger partial charge in [0, 0.05) is 31.9 Å². The molecule has 2 fully saturated rings. The van der Waals surface area contributed by atoms with Gasteiger partial charge in [0.15, 0.2) is 0 Å². The summed E-state index contributed by atoms with van der Waals surface area (Å²) in [6, 6.07) is 8.74. The van der Waals surface area contributed by atoms with Crippen LogP contribution < -0.4 is 15.0 Å². The number of rotatable bonds is 7. The van der Waals surface area contributed by atoms with Gasteiger partial charge in [0.1, 0.15) is 6.07 Å². The monoisotopic (exact) mass is 579 g/mol.